The molecule has 5 heteroatoms. The van der Waals surface area contributed by atoms with Gasteiger partial charge in [-0.3, -0.25) is 4.79 Å². The minimum Gasteiger partial charge on any atom is -0.465 e. The van der Waals surface area contributed by atoms with Crippen LogP contribution in [0.3, 0.4) is 0 Å². The van der Waals surface area contributed by atoms with Crippen molar-refractivity contribution in [1.82, 2.24) is 0 Å². The van der Waals surface area contributed by atoms with Gasteiger partial charge in [-0.15, -0.1) is 23.2 Å². The Balaban J connectivity index is 3.18. The van der Waals surface area contributed by atoms with Crippen LogP contribution in [-0.2, 0) is 15.4 Å². The minimum absolute atomic E-state index is 0.163. The topological polar surface area (TPSA) is 43.4 Å². The van der Waals surface area contributed by atoms with Crippen LogP contribution in [0.5, 0.6) is 0 Å². The van der Waals surface area contributed by atoms with Gasteiger partial charge >= 0.3 is 5.97 Å². The first-order valence-electron chi connectivity index (χ1n) is 4.93. The van der Waals surface area contributed by atoms with Crippen LogP contribution in [0, 0.1) is 0 Å². The highest BCUT2D eigenvalue weighted by atomic mass is 35.5. The number of alkyl halides is 2. The molecule has 0 radical (unpaired) electrons. The van der Waals surface area contributed by atoms with E-state index in [1.807, 2.05) is 0 Å². The summed E-state index contributed by atoms with van der Waals surface area (Å²) in [6, 6.07) is 4.78. The Morgan fingerprint density at radius 3 is 2.53 bits per heavy atom. The van der Waals surface area contributed by atoms with Crippen LogP contribution in [-0.4, -0.2) is 18.9 Å². The SMILES string of the molecule is COC(=O)c1ccc(C(Cl)C(C)=O)c(CCl)c1. The number of ketones is 1. The Bertz CT molecular complexity index is 443. The molecule has 17 heavy (non-hydrogen) atoms. The number of methoxy groups -OCH3 is 1. The van der Waals surface area contributed by atoms with Gasteiger partial charge in [-0.2, -0.15) is 0 Å². The number of hydrogen-bond acceptors (Lipinski definition) is 3. The van der Waals surface area contributed by atoms with Crippen molar-refractivity contribution in [1.29, 1.82) is 0 Å². The Morgan fingerprint density at radius 1 is 1.41 bits per heavy atom. The average Bonchev–Trinajstić information content (AvgIpc) is 2.35. The van der Waals surface area contributed by atoms with Crippen molar-refractivity contribution in [3.63, 3.8) is 0 Å². The van der Waals surface area contributed by atoms with Gasteiger partial charge in [-0.05, 0) is 30.2 Å². The fraction of sp³-hybridized carbons (Fsp3) is 0.333. The van der Waals surface area contributed by atoms with E-state index >= 15 is 0 Å². The van der Waals surface area contributed by atoms with E-state index in [4.69, 9.17) is 23.2 Å². The number of ether oxygens (including phenoxy) is 1. The summed E-state index contributed by atoms with van der Waals surface area (Å²) in [5.74, 6) is -0.433. The zero-order valence-corrected chi connectivity index (χ0v) is 11.0. The van der Waals surface area contributed by atoms with Crippen molar-refractivity contribution in [2.24, 2.45) is 0 Å². The summed E-state index contributed by atoms with van der Waals surface area (Å²) < 4.78 is 4.60. The number of esters is 1. The van der Waals surface area contributed by atoms with Crippen LogP contribution >= 0.6 is 23.2 Å². The number of carbonyl (C=O) groups excluding carboxylic acids is 2. The molecule has 0 aliphatic rings. The maximum Gasteiger partial charge on any atom is 0.337 e. The van der Waals surface area contributed by atoms with E-state index in [0.717, 1.165) is 0 Å². The summed E-state index contributed by atoms with van der Waals surface area (Å²) in [4.78, 5) is 22.6. The zero-order valence-electron chi connectivity index (χ0n) is 9.50. The van der Waals surface area contributed by atoms with Crippen molar-refractivity contribution >= 4 is 35.0 Å². The van der Waals surface area contributed by atoms with Crippen molar-refractivity contribution < 1.29 is 14.3 Å². The summed E-state index contributed by atoms with van der Waals surface area (Å²) in [5.41, 5.74) is 1.67. The third-order valence-corrected chi connectivity index (χ3v) is 3.17. The van der Waals surface area contributed by atoms with Gasteiger partial charge in [0.25, 0.3) is 0 Å². The molecule has 0 fully saturated rings. The Hall–Kier alpha value is -1.06. The zero-order chi connectivity index (χ0) is 13.0. The van der Waals surface area contributed by atoms with Crippen molar-refractivity contribution in [3.8, 4) is 0 Å². The molecule has 1 atom stereocenters. The lowest BCUT2D eigenvalue weighted by Crippen LogP contribution is -2.07. The second-order valence-corrected chi connectivity index (χ2v) is 4.22. The number of hydrogen-bond donors (Lipinski definition) is 0. The lowest BCUT2D eigenvalue weighted by atomic mass is 10.0. The van der Waals surface area contributed by atoms with E-state index < -0.39 is 11.3 Å². The normalized spacial score (nSPS) is 12.0. The average molecular weight is 275 g/mol. The van der Waals surface area contributed by atoms with Crippen molar-refractivity contribution in [2.75, 3.05) is 7.11 Å². The standard InChI is InChI=1S/C12H12Cl2O3/c1-7(15)11(14)10-4-3-8(12(16)17-2)5-9(10)6-13/h3-5,11H,6H2,1-2H3. The van der Waals surface area contributed by atoms with Crippen LogP contribution in [0.2, 0.25) is 0 Å². The largest absolute Gasteiger partial charge is 0.465 e. The molecule has 0 aliphatic carbocycles. The van der Waals surface area contributed by atoms with E-state index in [2.05, 4.69) is 4.74 Å². The summed E-state index contributed by atoms with van der Waals surface area (Å²) in [5, 5.41) is -0.740. The van der Waals surface area contributed by atoms with Gasteiger partial charge in [0.2, 0.25) is 0 Å². The Kier molecular flexibility index (Phi) is 4.97. The van der Waals surface area contributed by atoms with Crippen LogP contribution < -0.4 is 0 Å². The summed E-state index contributed by atoms with van der Waals surface area (Å²) in [6.07, 6.45) is 0. The Morgan fingerprint density at radius 2 is 2.06 bits per heavy atom. The van der Waals surface area contributed by atoms with E-state index in [1.54, 1.807) is 18.2 Å². The van der Waals surface area contributed by atoms with Gasteiger partial charge in [0.1, 0.15) is 5.38 Å². The van der Waals surface area contributed by atoms with Gasteiger partial charge in [0, 0.05) is 5.88 Å². The summed E-state index contributed by atoms with van der Waals surface area (Å²) >= 11 is 11.7. The minimum atomic E-state index is -0.740. The maximum atomic E-state index is 11.3. The molecule has 1 aromatic carbocycles. The predicted molar refractivity (Wildman–Crippen MR) is 66.6 cm³/mol. The molecule has 0 heterocycles. The van der Waals surface area contributed by atoms with Gasteiger partial charge in [-0.25, -0.2) is 4.79 Å². The molecule has 0 saturated carbocycles. The van der Waals surface area contributed by atoms with Crippen LogP contribution in [0.25, 0.3) is 0 Å². The number of halogens is 2. The highest BCUT2D eigenvalue weighted by molar-refractivity contribution is 6.31. The Labute approximate surface area is 110 Å². The molecule has 0 bridgehead atoms. The van der Waals surface area contributed by atoms with Gasteiger partial charge < -0.3 is 4.74 Å². The molecular weight excluding hydrogens is 263 g/mol. The number of Topliss-reactive ketones (excluding diaryl/α,β-unsaturated/α-hetero) is 1. The number of carbonyl (C=O) groups is 2. The second-order valence-electron chi connectivity index (χ2n) is 3.51. The van der Waals surface area contributed by atoms with E-state index in [0.29, 0.717) is 16.7 Å². The molecule has 0 aliphatic heterocycles. The highest BCUT2D eigenvalue weighted by Crippen LogP contribution is 2.27. The van der Waals surface area contributed by atoms with Gasteiger partial charge in [0.15, 0.2) is 5.78 Å². The smallest absolute Gasteiger partial charge is 0.337 e. The first-order valence-corrected chi connectivity index (χ1v) is 5.90. The fourth-order valence-electron chi connectivity index (χ4n) is 1.43. The molecule has 1 aromatic rings. The van der Waals surface area contributed by atoms with E-state index in [1.165, 1.54) is 14.0 Å². The molecule has 0 amide bonds. The molecule has 0 saturated heterocycles. The second kappa shape index (κ2) is 6.03. The van der Waals surface area contributed by atoms with Crippen molar-refractivity contribution in [2.45, 2.75) is 18.2 Å². The third kappa shape index (κ3) is 3.20. The maximum absolute atomic E-state index is 11.3. The highest BCUT2D eigenvalue weighted by Gasteiger charge is 2.18. The monoisotopic (exact) mass is 274 g/mol. The molecular formula is C12H12Cl2O3. The van der Waals surface area contributed by atoms with E-state index in [-0.39, 0.29) is 11.7 Å². The molecule has 0 N–H and O–H groups in total. The summed E-state index contributed by atoms with van der Waals surface area (Å²) in [7, 11) is 1.30. The van der Waals surface area contributed by atoms with Crippen LogP contribution in [0.1, 0.15) is 33.8 Å². The third-order valence-electron chi connectivity index (χ3n) is 2.34. The first kappa shape index (κ1) is 14.0. The molecule has 1 unspecified atom stereocenters. The van der Waals surface area contributed by atoms with Crippen molar-refractivity contribution in [3.05, 3.63) is 34.9 Å². The lowest BCUT2D eigenvalue weighted by molar-refractivity contribution is -0.116. The van der Waals surface area contributed by atoms with Crippen LogP contribution in [0.4, 0.5) is 0 Å². The van der Waals surface area contributed by atoms with E-state index in [9.17, 15) is 9.59 Å². The molecule has 1 rings (SSSR count). The lowest BCUT2D eigenvalue weighted by Gasteiger charge is -2.12. The quantitative estimate of drug-likeness (QED) is 0.626. The number of rotatable bonds is 4. The van der Waals surface area contributed by atoms with Crippen LogP contribution in [0.15, 0.2) is 18.2 Å². The predicted octanol–water partition coefficient (Wildman–Crippen LogP) is 3.08. The molecule has 0 aromatic heterocycles. The first-order chi connectivity index (χ1) is 8.01. The molecule has 0 spiro atoms. The molecule has 3 nitrogen and oxygen atoms in total. The molecule has 92 valence electrons. The summed E-state index contributed by atoms with van der Waals surface area (Å²) in [6.45, 7) is 1.41. The number of benzene rings is 1. The van der Waals surface area contributed by atoms with Gasteiger partial charge in [-0.1, -0.05) is 6.07 Å². The van der Waals surface area contributed by atoms with Gasteiger partial charge in [0.05, 0.1) is 12.7 Å². The fourth-order valence-corrected chi connectivity index (χ4v) is 1.88.